The zero-order chi connectivity index (χ0) is 15.6. The SMILES string of the molecule is COc1ccccc1Oc1cc(N)cc(S(N)(=O)=O)c1C. The maximum atomic E-state index is 11.6. The van der Waals surface area contributed by atoms with E-state index in [2.05, 4.69) is 0 Å². The standard InChI is InChI=1S/C14H16N2O4S/c1-9-13(7-10(15)8-14(9)21(16,17)18)20-12-6-4-3-5-11(12)19-2/h3-8H,15H2,1-2H3,(H2,16,17,18). The molecular formula is C14H16N2O4S. The molecule has 0 aliphatic rings. The average molecular weight is 308 g/mol. The minimum absolute atomic E-state index is 0.0626. The number of sulfonamides is 1. The monoisotopic (exact) mass is 308 g/mol. The van der Waals surface area contributed by atoms with Gasteiger partial charge in [0.25, 0.3) is 0 Å². The van der Waals surface area contributed by atoms with Crippen LogP contribution in [0.4, 0.5) is 5.69 Å². The first kappa shape index (κ1) is 15.1. The van der Waals surface area contributed by atoms with Crippen LogP contribution in [-0.2, 0) is 10.0 Å². The van der Waals surface area contributed by atoms with E-state index in [4.69, 9.17) is 20.3 Å². The van der Waals surface area contributed by atoms with Crippen molar-refractivity contribution in [1.29, 1.82) is 0 Å². The van der Waals surface area contributed by atoms with Gasteiger partial charge in [-0.15, -0.1) is 0 Å². The van der Waals surface area contributed by atoms with Crippen molar-refractivity contribution < 1.29 is 17.9 Å². The van der Waals surface area contributed by atoms with Crippen LogP contribution >= 0.6 is 0 Å². The molecule has 0 fully saturated rings. The lowest BCUT2D eigenvalue weighted by Crippen LogP contribution is -2.14. The number of hydrogen-bond donors (Lipinski definition) is 2. The molecular weight excluding hydrogens is 292 g/mol. The van der Waals surface area contributed by atoms with E-state index >= 15 is 0 Å². The molecule has 7 heteroatoms. The number of anilines is 1. The van der Waals surface area contributed by atoms with Crippen molar-refractivity contribution in [1.82, 2.24) is 0 Å². The molecule has 0 radical (unpaired) electrons. The van der Waals surface area contributed by atoms with E-state index in [1.54, 1.807) is 31.2 Å². The third-order valence-corrected chi connectivity index (χ3v) is 3.97. The summed E-state index contributed by atoms with van der Waals surface area (Å²) in [6.07, 6.45) is 0. The van der Waals surface area contributed by atoms with Crippen LogP contribution in [0.5, 0.6) is 17.2 Å². The zero-order valence-corrected chi connectivity index (χ0v) is 12.5. The molecule has 0 aliphatic heterocycles. The summed E-state index contributed by atoms with van der Waals surface area (Å²) >= 11 is 0. The Labute approximate surface area is 123 Å². The molecule has 21 heavy (non-hydrogen) atoms. The highest BCUT2D eigenvalue weighted by molar-refractivity contribution is 7.89. The first-order valence-electron chi connectivity index (χ1n) is 6.06. The van der Waals surface area contributed by atoms with Gasteiger partial charge in [-0.3, -0.25) is 0 Å². The lowest BCUT2D eigenvalue weighted by Gasteiger charge is -2.14. The van der Waals surface area contributed by atoms with Gasteiger partial charge in [0.1, 0.15) is 5.75 Å². The lowest BCUT2D eigenvalue weighted by molar-refractivity contribution is 0.378. The van der Waals surface area contributed by atoms with Gasteiger partial charge in [0.15, 0.2) is 11.5 Å². The average Bonchev–Trinajstić information content (AvgIpc) is 2.42. The van der Waals surface area contributed by atoms with Crippen LogP contribution in [0.25, 0.3) is 0 Å². The molecule has 0 bridgehead atoms. The summed E-state index contributed by atoms with van der Waals surface area (Å²) in [6, 6.07) is 9.86. The number of primary sulfonamides is 1. The molecule has 4 N–H and O–H groups in total. The van der Waals surface area contributed by atoms with Gasteiger partial charge >= 0.3 is 0 Å². The van der Waals surface area contributed by atoms with Crippen LogP contribution in [0.2, 0.25) is 0 Å². The van der Waals surface area contributed by atoms with Crippen LogP contribution < -0.4 is 20.3 Å². The van der Waals surface area contributed by atoms with Crippen LogP contribution in [0.1, 0.15) is 5.56 Å². The quantitative estimate of drug-likeness (QED) is 0.841. The van der Waals surface area contributed by atoms with Crippen molar-refractivity contribution in [2.45, 2.75) is 11.8 Å². The molecule has 0 saturated heterocycles. The smallest absolute Gasteiger partial charge is 0.238 e. The molecule has 2 aromatic rings. The second-order valence-corrected chi connectivity index (χ2v) is 5.97. The fraction of sp³-hybridized carbons (Fsp3) is 0.143. The Morgan fingerprint density at radius 2 is 1.67 bits per heavy atom. The fourth-order valence-corrected chi connectivity index (χ4v) is 2.73. The maximum Gasteiger partial charge on any atom is 0.238 e. The predicted octanol–water partition coefficient (Wildman–Crippen LogP) is 2.03. The Morgan fingerprint density at radius 3 is 2.24 bits per heavy atom. The van der Waals surface area contributed by atoms with Gasteiger partial charge in [0.2, 0.25) is 10.0 Å². The number of nitrogen functional groups attached to an aromatic ring is 1. The second kappa shape index (κ2) is 5.63. The van der Waals surface area contributed by atoms with E-state index in [1.807, 2.05) is 0 Å². The van der Waals surface area contributed by atoms with E-state index in [1.165, 1.54) is 19.2 Å². The summed E-state index contributed by atoms with van der Waals surface area (Å²) in [7, 11) is -2.36. The Bertz CT molecular complexity index is 773. The molecule has 0 saturated carbocycles. The predicted molar refractivity (Wildman–Crippen MR) is 80.0 cm³/mol. The Balaban J connectivity index is 2.53. The van der Waals surface area contributed by atoms with Crippen LogP contribution in [-0.4, -0.2) is 15.5 Å². The maximum absolute atomic E-state index is 11.6. The van der Waals surface area contributed by atoms with E-state index < -0.39 is 10.0 Å². The van der Waals surface area contributed by atoms with Gasteiger partial charge in [-0.2, -0.15) is 0 Å². The third-order valence-electron chi connectivity index (χ3n) is 2.93. The van der Waals surface area contributed by atoms with Crippen LogP contribution in [0.3, 0.4) is 0 Å². The summed E-state index contributed by atoms with van der Waals surface area (Å²) in [5.41, 5.74) is 6.35. The zero-order valence-electron chi connectivity index (χ0n) is 11.7. The molecule has 0 heterocycles. The summed E-state index contributed by atoms with van der Waals surface area (Å²) < 4.78 is 34.1. The number of nitrogens with two attached hydrogens (primary N) is 2. The van der Waals surface area contributed by atoms with Crippen molar-refractivity contribution in [2.24, 2.45) is 5.14 Å². The molecule has 0 aliphatic carbocycles. The first-order valence-corrected chi connectivity index (χ1v) is 7.61. The molecule has 0 unspecified atom stereocenters. The minimum Gasteiger partial charge on any atom is -0.493 e. The normalized spacial score (nSPS) is 11.2. The topological polar surface area (TPSA) is 105 Å². The Kier molecular flexibility index (Phi) is 4.06. The molecule has 6 nitrogen and oxygen atoms in total. The van der Waals surface area contributed by atoms with Gasteiger partial charge in [0, 0.05) is 17.3 Å². The Morgan fingerprint density at radius 1 is 1.05 bits per heavy atom. The first-order chi connectivity index (χ1) is 9.82. The highest BCUT2D eigenvalue weighted by atomic mass is 32.2. The summed E-state index contributed by atoms with van der Waals surface area (Å²) in [4.78, 5) is -0.0626. The molecule has 0 amide bonds. The largest absolute Gasteiger partial charge is 0.493 e. The van der Waals surface area contributed by atoms with Gasteiger partial charge in [-0.1, -0.05) is 12.1 Å². The number of methoxy groups -OCH3 is 1. The van der Waals surface area contributed by atoms with Crippen molar-refractivity contribution in [3.05, 3.63) is 42.0 Å². The van der Waals surface area contributed by atoms with Gasteiger partial charge < -0.3 is 15.2 Å². The summed E-state index contributed by atoms with van der Waals surface area (Å²) in [6.45, 7) is 1.60. The highest BCUT2D eigenvalue weighted by Gasteiger charge is 2.17. The number of benzene rings is 2. The third kappa shape index (κ3) is 3.26. The number of para-hydroxylation sites is 2. The molecule has 112 valence electrons. The van der Waals surface area contributed by atoms with Crippen molar-refractivity contribution in [3.63, 3.8) is 0 Å². The van der Waals surface area contributed by atoms with Crippen molar-refractivity contribution >= 4 is 15.7 Å². The van der Waals surface area contributed by atoms with Crippen LogP contribution in [0, 0.1) is 6.92 Å². The number of hydrogen-bond acceptors (Lipinski definition) is 5. The highest BCUT2D eigenvalue weighted by Crippen LogP contribution is 2.35. The molecule has 2 rings (SSSR count). The Hall–Kier alpha value is -2.25. The minimum atomic E-state index is -3.88. The van der Waals surface area contributed by atoms with Gasteiger partial charge in [-0.25, -0.2) is 13.6 Å². The molecule has 0 spiro atoms. The molecule has 2 aromatic carbocycles. The number of ether oxygens (including phenoxy) is 2. The summed E-state index contributed by atoms with van der Waals surface area (Å²) in [5, 5.41) is 5.18. The fourth-order valence-electron chi connectivity index (χ4n) is 1.91. The number of rotatable bonds is 4. The second-order valence-electron chi connectivity index (χ2n) is 4.44. The van der Waals surface area contributed by atoms with E-state index in [-0.39, 0.29) is 10.6 Å². The van der Waals surface area contributed by atoms with E-state index in [0.29, 0.717) is 22.8 Å². The van der Waals surface area contributed by atoms with Gasteiger partial charge in [0.05, 0.1) is 12.0 Å². The van der Waals surface area contributed by atoms with E-state index in [9.17, 15) is 8.42 Å². The van der Waals surface area contributed by atoms with Crippen molar-refractivity contribution in [2.75, 3.05) is 12.8 Å². The summed E-state index contributed by atoms with van der Waals surface area (Å²) in [5.74, 6) is 1.29. The van der Waals surface area contributed by atoms with Gasteiger partial charge in [-0.05, 0) is 25.1 Å². The van der Waals surface area contributed by atoms with E-state index in [0.717, 1.165) is 0 Å². The lowest BCUT2D eigenvalue weighted by atomic mass is 10.2. The molecule has 0 aromatic heterocycles. The van der Waals surface area contributed by atoms with Crippen molar-refractivity contribution in [3.8, 4) is 17.2 Å². The molecule has 0 atom stereocenters. The van der Waals surface area contributed by atoms with Crippen LogP contribution in [0.15, 0.2) is 41.3 Å².